The molecule has 5 heteroatoms. The number of aromatic nitrogens is 3. The first-order valence-electron chi connectivity index (χ1n) is 6.87. The van der Waals surface area contributed by atoms with Crippen LogP contribution >= 0.6 is 0 Å². The van der Waals surface area contributed by atoms with Crippen LogP contribution in [0.2, 0.25) is 0 Å². The third kappa shape index (κ3) is 2.92. The highest BCUT2D eigenvalue weighted by Gasteiger charge is 2.10. The number of anilines is 2. The van der Waals surface area contributed by atoms with Gasteiger partial charge in [-0.1, -0.05) is 26.7 Å². The fraction of sp³-hybridized carbons (Fsp3) is 0.500. The van der Waals surface area contributed by atoms with Crippen LogP contribution in [0.4, 0.5) is 11.8 Å². The van der Waals surface area contributed by atoms with E-state index in [2.05, 4.69) is 34.9 Å². The van der Waals surface area contributed by atoms with Crippen LogP contribution < -0.4 is 11.5 Å². The van der Waals surface area contributed by atoms with E-state index in [9.17, 15) is 0 Å². The molecule has 0 radical (unpaired) electrons. The number of rotatable bonds is 5. The van der Waals surface area contributed by atoms with E-state index in [0.717, 1.165) is 43.2 Å². The van der Waals surface area contributed by atoms with Crippen molar-refractivity contribution in [1.29, 1.82) is 0 Å². The molecule has 2 heterocycles. The largest absolute Gasteiger partial charge is 0.383 e. The second-order valence-electron chi connectivity index (χ2n) is 4.79. The van der Waals surface area contributed by atoms with Gasteiger partial charge in [-0.05, 0) is 30.9 Å². The van der Waals surface area contributed by atoms with Crippen molar-refractivity contribution in [2.45, 2.75) is 46.0 Å². The van der Waals surface area contributed by atoms with Crippen LogP contribution in [0.15, 0.2) is 6.07 Å². The average Bonchev–Trinajstić information content (AvgIpc) is 2.37. The van der Waals surface area contributed by atoms with Gasteiger partial charge >= 0.3 is 0 Å². The number of unbranched alkanes of at least 4 members (excludes halogenated alkanes) is 1. The normalized spacial score (nSPS) is 11.1. The number of pyridine rings is 1. The predicted octanol–water partition coefficient (Wildman–Crippen LogP) is 2.48. The summed E-state index contributed by atoms with van der Waals surface area (Å²) in [7, 11) is 0. The minimum Gasteiger partial charge on any atom is -0.383 e. The number of nitrogen functional groups attached to an aromatic ring is 2. The zero-order valence-corrected chi connectivity index (χ0v) is 11.6. The Hall–Kier alpha value is -1.91. The maximum atomic E-state index is 5.90. The van der Waals surface area contributed by atoms with Crippen LogP contribution in [0.1, 0.15) is 44.4 Å². The number of nitrogens with zero attached hydrogens (tertiary/aromatic N) is 3. The molecule has 0 fully saturated rings. The Morgan fingerprint density at radius 2 is 1.79 bits per heavy atom. The monoisotopic (exact) mass is 259 g/mol. The lowest BCUT2D eigenvalue weighted by molar-refractivity contribution is 0.762. The van der Waals surface area contributed by atoms with Gasteiger partial charge in [-0.3, -0.25) is 0 Å². The topological polar surface area (TPSA) is 90.7 Å². The zero-order valence-electron chi connectivity index (χ0n) is 11.6. The van der Waals surface area contributed by atoms with E-state index < -0.39 is 0 Å². The molecule has 19 heavy (non-hydrogen) atoms. The Bertz CT molecular complexity index is 580. The van der Waals surface area contributed by atoms with Crippen molar-refractivity contribution in [3.05, 3.63) is 17.3 Å². The van der Waals surface area contributed by atoms with Crippen molar-refractivity contribution in [3.63, 3.8) is 0 Å². The number of hydrogen-bond acceptors (Lipinski definition) is 5. The third-order valence-corrected chi connectivity index (χ3v) is 3.19. The van der Waals surface area contributed by atoms with Gasteiger partial charge in [0.25, 0.3) is 0 Å². The summed E-state index contributed by atoms with van der Waals surface area (Å²) in [4.78, 5) is 12.8. The summed E-state index contributed by atoms with van der Waals surface area (Å²) < 4.78 is 0. The average molecular weight is 259 g/mol. The van der Waals surface area contributed by atoms with Crippen LogP contribution in [0.5, 0.6) is 0 Å². The van der Waals surface area contributed by atoms with Crippen LogP contribution in [-0.2, 0) is 12.8 Å². The summed E-state index contributed by atoms with van der Waals surface area (Å²) in [6.07, 6.45) is 5.35. The second-order valence-corrected chi connectivity index (χ2v) is 4.79. The van der Waals surface area contributed by atoms with E-state index in [-0.39, 0.29) is 5.95 Å². The van der Waals surface area contributed by atoms with E-state index in [4.69, 9.17) is 11.5 Å². The Kier molecular flexibility index (Phi) is 4.14. The number of nitrogens with two attached hydrogens (primary N) is 2. The molecule has 0 aliphatic rings. The van der Waals surface area contributed by atoms with Gasteiger partial charge in [0.15, 0.2) is 5.65 Å². The number of aryl methyl sites for hydroxylation is 2. The SMILES string of the molecule is CCCCc1nc2nc(N)nc(N)c2cc1CCC. The Balaban J connectivity index is 2.55. The molecule has 0 saturated heterocycles. The van der Waals surface area contributed by atoms with Crippen molar-refractivity contribution in [2.75, 3.05) is 11.5 Å². The number of fused-ring (bicyclic) bond motifs is 1. The van der Waals surface area contributed by atoms with E-state index >= 15 is 0 Å². The summed E-state index contributed by atoms with van der Waals surface area (Å²) in [6.45, 7) is 4.34. The van der Waals surface area contributed by atoms with E-state index in [1.54, 1.807) is 0 Å². The maximum absolute atomic E-state index is 5.90. The van der Waals surface area contributed by atoms with Crippen LogP contribution in [-0.4, -0.2) is 15.0 Å². The molecule has 2 rings (SSSR count). The molecule has 0 atom stereocenters. The first kappa shape index (κ1) is 13.5. The standard InChI is InChI=1S/C14H21N5/c1-3-5-7-11-9(6-4-2)8-10-12(15)18-14(16)19-13(10)17-11/h8H,3-7H2,1-2H3,(H4,15,16,17,18,19). The molecule has 2 aromatic heterocycles. The zero-order chi connectivity index (χ0) is 13.8. The summed E-state index contributed by atoms with van der Waals surface area (Å²) in [5, 5.41) is 0.804. The highest BCUT2D eigenvalue weighted by atomic mass is 15.1. The molecule has 4 N–H and O–H groups in total. The minimum atomic E-state index is 0.183. The smallest absolute Gasteiger partial charge is 0.224 e. The molecule has 0 aromatic carbocycles. The van der Waals surface area contributed by atoms with Crippen molar-refractivity contribution >= 4 is 22.8 Å². The van der Waals surface area contributed by atoms with E-state index in [1.807, 2.05) is 0 Å². The molecule has 0 aliphatic carbocycles. The summed E-state index contributed by atoms with van der Waals surface area (Å²) in [5.74, 6) is 0.594. The highest BCUT2D eigenvalue weighted by molar-refractivity contribution is 5.86. The molecule has 0 unspecified atom stereocenters. The van der Waals surface area contributed by atoms with Gasteiger partial charge in [0.05, 0.1) is 5.39 Å². The Morgan fingerprint density at radius 1 is 1.00 bits per heavy atom. The van der Waals surface area contributed by atoms with Crippen molar-refractivity contribution < 1.29 is 0 Å². The number of hydrogen-bond donors (Lipinski definition) is 2. The van der Waals surface area contributed by atoms with E-state index in [0.29, 0.717) is 11.5 Å². The van der Waals surface area contributed by atoms with Crippen molar-refractivity contribution in [2.24, 2.45) is 0 Å². The molecule has 0 bridgehead atoms. The first-order valence-corrected chi connectivity index (χ1v) is 6.87. The van der Waals surface area contributed by atoms with E-state index in [1.165, 1.54) is 5.56 Å². The lowest BCUT2D eigenvalue weighted by atomic mass is 10.0. The Morgan fingerprint density at radius 3 is 2.47 bits per heavy atom. The third-order valence-electron chi connectivity index (χ3n) is 3.19. The lowest BCUT2D eigenvalue weighted by Crippen LogP contribution is -2.05. The molecule has 0 spiro atoms. The first-order chi connectivity index (χ1) is 9.15. The molecule has 0 saturated carbocycles. The molecule has 0 aliphatic heterocycles. The van der Waals surface area contributed by atoms with Crippen LogP contribution in [0.25, 0.3) is 11.0 Å². The molecule has 0 amide bonds. The van der Waals surface area contributed by atoms with Crippen LogP contribution in [0.3, 0.4) is 0 Å². The van der Waals surface area contributed by atoms with Gasteiger partial charge in [-0.15, -0.1) is 0 Å². The molecular formula is C14H21N5. The summed E-state index contributed by atoms with van der Waals surface area (Å²) in [5.41, 5.74) is 14.5. The lowest BCUT2D eigenvalue weighted by Gasteiger charge is -2.10. The molecular weight excluding hydrogens is 238 g/mol. The summed E-state index contributed by atoms with van der Waals surface area (Å²) in [6, 6.07) is 2.08. The fourth-order valence-electron chi connectivity index (χ4n) is 2.22. The molecule has 2 aromatic rings. The van der Waals surface area contributed by atoms with Crippen LogP contribution in [0, 0.1) is 0 Å². The van der Waals surface area contributed by atoms with Gasteiger partial charge in [-0.25, -0.2) is 4.98 Å². The quantitative estimate of drug-likeness (QED) is 0.860. The van der Waals surface area contributed by atoms with Gasteiger partial charge < -0.3 is 11.5 Å². The highest BCUT2D eigenvalue weighted by Crippen LogP contribution is 2.22. The predicted molar refractivity (Wildman–Crippen MR) is 78.8 cm³/mol. The fourth-order valence-corrected chi connectivity index (χ4v) is 2.22. The maximum Gasteiger partial charge on any atom is 0.224 e. The van der Waals surface area contributed by atoms with Crippen molar-refractivity contribution in [3.8, 4) is 0 Å². The van der Waals surface area contributed by atoms with Gasteiger partial charge in [0.2, 0.25) is 5.95 Å². The van der Waals surface area contributed by atoms with Crippen molar-refractivity contribution in [1.82, 2.24) is 15.0 Å². The van der Waals surface area contributed by atoms with Gasteiger partial charge in [0, 0.05) is 5.69 Å². The second kappa shape index (κ2) is 5.82. The molecule has 5 nitrogen and oxygen atoms in total. The van der Waals surface area contributed by atoms with Gasteiger partial charge in [0.1, 0.15) is 5.82 Å². The minimum absolute atomic E-state index is 0.183. The van der Waals surface area contributed by atoms with Gasteiger partial charge in [-0.2, -0.15) is 9.97 Å². The summed E-state index contributed by atoms with van der Waals surface area (Å²) >= 11 is 0. The Labute approximate surface area is 113 Å². The molecule has 102 valence electrons.